The molecule has 0 bridgehead atoms. The molecule has 0 heterocycles. The van der Waals surface area contributed by atoms with Gasteiger partial charge in [0.15, 0.2) is 0 Å². The van der Waals surface area contributed by atoms with Gasteiger partial charge in [0.25, 0.3) is 0 Å². The third kappa shape index (κ3) is 7.89. The van der Waals surface area contributed by atoms with Crippen LogP contribution in [0.1, 0.15) is 31.9 Å². The molecular formula is C24H31Cl2N3O4S. The van der Waals surface area contributed by atoms with Crippen LogP contribution in [0.25, 0.3) is 0 Å². The van der Waals surface area contributed by atoms with Gasteiger partial charge < -0.3 is 10.2 Å². The smallest absolute Gasteiger partial charge is 0.244 e. The Kier molecular flexibility index (Phi) is 9.79. The van der Waals surface area contributed by atoms with E-state index in [2.05, 4.69) is 5.32 Å². The van der Waals surface area contributed by atoms with Crippen LogP contribution in [0.4, 0.5) is 5.69 Å². The van der Waals surface area contributed by atoms with Crippen LogP contribution in [0.3, 0.4) is 0 Å². The van der Waals surface area contributed by atoms with Gasteiger partial charge in [-0.3, -0.25) is 13.9 Å². The molecule has 0 saturated carbocycles. The summed E-state index contributed by atoms with van der Waals surface area (Å²) >= 11 is 12.1. The Labute approximate surface area is 212 Å². The summed E-state index contributed by atoms with van der Waals surface area (Å²) in [6, 6.07) is 10.9. The van der Waals surface area contributed by atoms with Crippen LogP contribution in [-0.2, 0) is 26.2 Å². The van der Waals surface area contributed by atoms with Crippen molar-refractivity contribution in [2.24, 2.45) is 5.92 Å². The van der Waals surface area contributed by atoms with Gasteiger partial charge in [-0.25, -0.2) is 8.42 Å². The minimum Gasteiger partial charge on any atom is -0.354 e. The molecule has 2 aromatic rings. The first-order valence-electron chi connectivity index (χ1n) is 10.8. The summed E-state index contributed by atoms with van der Waals surface area (Å²) in [5, 5.41) is 3.52. The fourth-order valence-electron chi connectivity index (χ4n) is 3.19. The van der Waals surface area contributed by atoms with E-state index in [0.717, 1.165) is 16.1 Å². The van der Waals surface area contributed by atoms with Crippen molar-refractivity contribution in [2.45, 2.75) is 40.3 Å². The molecule has 2 amide bonds. The van der Waals surface area contributed by atoms with E-state index >= 15 is 0 Å². The maximum absolute atomic E-state index is 13.5. The highest BCUT2D eigenvalue weighted by molar-refractivity contribution is 7.92. The number of benzene rings is 2. The fourth-order valence-corrected chi connectivity index (χ4v) is 4.36. The monoisotopic (exact) mass is 527 g/mol. The van der Waals surface area contributed by atoms with Gasteiger partial charge in [-0.1, -0.05) is 60.8 Å². The molecule has 10 heteroatoms. The highest BCUT2D eigenvalue weighted by Gasteiger charge is 2.30. The summed E-state index contributed by atoms with van der Waals surface area (Å²) in [6.45, 7) is 7.49. The van der Waals surface area contributed by atoms with Crippen molar-refractivity contribution in [2.75, 3.05) is 23.7 Å². The Hall–Kier alpha value is -2.29. The lowest BCUT2D eigenvalue weighted by atomic mass is 10.1. The Bertz CT molecular complexity index is 1120. The van der Waals surface area contributed by atoms with Gasteiger partial charge in [0.1, 0.15) is 12.6 Å². The SMILES string of the molecule is Cc1ccc(N(CC(=O)N(Cc2ccc(Cl)c(Cl)c2)[C@@H](C)C(=O)NCC(C)C)S(C)(=O)=O)cc1. The van der Waals surface area contributed by atoms with Gasteiger partial charge in [0, 0.05) is 13.1 Å². The lowest BCUT2D eigenvalue weighted by molar-refractivity contribution is -0.139. The van der Waals surface area contributed by atoms with Crippen LogP contribution in [0, 0.1) is 12.8 Å². The molecule has 2 aromatic carbocycles. The molecule has 0 aliphatic rings. The van der Waals surface area contributed by atoms with Crippen LogP contribution in [-0.4, -0.2) is 50.5 Å². The molecule has 0 aromatic heterocycles. The summed E-state index contributed by atoms with van der Waals surface area (Å²) in [5.74, 6) is -0.620. The van der Waals surface area contributed by atoms with Gasteiger partial charge in [-0.2, -0.15) is 0 Å². The number of hydrogen-bond donors (Lipinski definition) is 1. The van der Waals surface area contributed by atoms with Crippen molar-refractivity contribution >= 4 is 50.7 Å². The summed E-state index contributed by atoms with van der Waals surface area (Å²) in [4.78, 5) is 27.6. The van der Waals surface area contributed by atoms with Crippen molar-refractivity contribution in [1.82, 2.24) is 10.2 Å². The van der Waals surface area contributed by atoms with E-state index < -0.39 is 28.5 Å². The minimum absolute atomic E-state index is 0.0531. The zero-order valence-corrected chi connectivity index (χ0v) is 22.3. The van der Waals surface area contributed by atoms with Crippen LogP contribution in [0.5, 0.6) is 0 Å². The van der Waals surface area contributed by atoms with Crippen LogP contribution in [0.15, 0.2) is 42.5 Å². The largest absolute Gasteiger partial charge is 0.354 e. The second kappa shape index (κ2) is 11.9. The summed E-state index contributed by atoms with van der Waals surface area (Å²) in [5.41, 5.74) is 1.99. The zero-order valence-electron chi connectivity index (χ0n) is 20.0. The Balaban J connectivity index is 2.38. The molecule has 0 fully saturated rings. The van der Waals surface area contributed by atoms with E-state index in [1.807, 2.05) is 20.8 Å². The molecule has 34 heavy (non-hydrogen) atoms. The van der Waals surface area contributed by atoms with Gasteiger partial charge in [-0.15, -0.1) is 0 Å². The zero-order chi connectivity index (χ0) is 25.6. The molecule has 0 aliphatic carbocycles. The first-order chi connectivity index (χ1) is 15.8. The number of hydrogen-bond acceptors (Lipinski definition) is 4. The van der Waals surface area contributed by atoms with Crippen molar-refractivity contribution in [1.29, 1.82) is 0 Å². The first-order valence-corrected chi connectivity index (χ1v) is 13.5. The number of halogens is 2. The molecule has 0 saturated heterocycles. The van der Waals surface area contributed by atoms with Crippen molar-refractivity contribution < 1.29 is 18.0 Å². The van der Waals surface area contributed by atoms with Gasteiger partial charge >= 0.3 is 0 Å². The van der Waals surface area contributed by atoms with E-state index in [0.29, 0.717) is 27.8 Å². The number of nitrogens with zero attached hydrogens (tertiary/aromatic N) is 2. The Morgan fingerprint density at radius 2 is 1.62 bits per heavy atom. The summed E-state index contributed by atoms with van der Waals surface area (Å²) in [6.07, 6.45) is 1.04. The maximum Gasteiger partial charge on any atom is 0.244 e. The number of carbonyl (C=O) groups is 2. The lowest BCUT2D eigenvalue weighted by Crippen LogP contribution is -2.51. The number of amides is 2. The van der Waals surface area contributed by atoms with Gasteiger partial charge in [-0.05, 0) is 49.6 Å². The molecule has 1 N–H and O–H groups in total. The number of rotatable bonds is 10. The first kappa shape index (κ1) is 28.0. The number of carbonyl (C=O) groups excluding carboxylic acids is 2. The van der Waals surface area contributed by atoms with E-state index in [1.165, 1.54) is 4.90 Å². The molecular weight excluding hydrogens is 497 g/mol. The normalized spacial score (nSPS) is 12.4. The maximum atomic E-state index is 13.5. The minimum atomic E-state index is -3.77. The van der Waals surface area contributed by atoms with E-state index in [4.69, 9.17) is 23.2 Å². The predicted molar refractivity (Wildman–Crippen MR) is 138 cm³/mol. The van der Waals surface area contributed by atoms with E-state index in [9.17, 15) is 18.0 Å². The second-order valence-electron chi connectivity index (χ2n) is 8.69. The fraction of sp³-hybridized carbons (Fsp3) is 0.417. The van der Waals surface area contributed by atoms with Crippen molar-refractivity contribution in [3.8, 4) is 0 Å². The molecule has 0 spiro atoms. The summed E-state index contributed by atoms with van der Waals surface area (Å²) in [7, 11) is -3.77. The quantitative estimate of drug-likeness (QED) is 0.500. The van der Waals surface area contributed by atoms with E-state index in [-0.39, 0.29) is 18.4 Å². The molecule has 0 radical (unpaired) electrons. The van der Waals surface area contributed by atoms with Crippen LogP contribution < -0.4 is 9.62 Å². The predicted octanol–water partition coefficient (Wildman–Crippen LogP) is 4.26. The molecule has 0 unspecified atom stereocenters. The molecule has 2 rings (SSSR count). The summed E-state index contributed by atoms with van der Waals surface area (Å²) < 4.78 is 26.1. The number of anilines is 1. The highest BCUT2D eigenvalue weighted by atomic mass is 35.5. The molecule has 186 valence electrons. The average molecular weight is 529 g/mol. The lowest BCUT2D eigenvalue weighted by Gasteiger charge is -2.31. The third-order valence-corrected chi connectivity index (χ3v) is 7.07. The van der Waals surface area contributed by atoms with Crippen LogP contribution in [0.2, 0.25) is 10.0 Å². The van der Waals surface area contributed by atoms with Gasteiger partial charge in [0.05, 0.1) is 22.0 Å². The topological polar surface area (TPSA) is 86.8 Å². The second-order valence-corrected chi connectivity index (χ2v) is 11.4. The number of sulfonamides is 1. The average Bonchev–Trinajstić information content (AvgIpc) is 2.75. The highest BCUT2D eigenvalue weighted by Crippen LogP contribution is 2.24. The van der Waals surface area contributed by atoms with E-state index in [1.54, 1.807) is 49.4 Å². The standard InChI is InChI=1S/C24H31Cl2N3O4S/c1-16(2)13-27-24(31)18(4)28(14-19-8-11-21(25)22(26)12-19)23(30)15-29(34(5,32)33)20-9-6-17(3)7-10-20/h6-12,16,18H,13-15H2,1-5H3,(H,27,31)/t18-/m0/s1. The van der Waals surface area contributed by atoms with Gasteiger partial charge in [0.2, 0.25) is 21.8 Å². The van der Waals surface area contributed by atoms with Crippen molar-refractivity contribution in [3.05, 3.63) is 63.6 Å². The Morgan fingerprint density at radius 3 is 2.15 bits per heavy atom. The molecule has 0 aliphatic heterocycles. The third-order valence-electron chi connectivity index (χ3n) is 5.19. The molecule has 7 nitrogen and oxygen atoms in total. The Morgan fingerprint density at radius 1 is 1.00 bits per heavy atom. The number of nitrogens with one attached hydrogen (secondary N) is 1. The van der Waals surface area contributed by atoms with Crippen molar-refractivity contribution in [3.63, 3.8) is 0 Å². The van der Waals surface area contributed by atoms with Crippen LogP contribution >= 0.6 is 23.2 Å². The molecule has 1 atom stereocenters. The number of aryl methyl sites for hydroxylation is 1.